The first-order valence-corrected chi connectivity index (χ1v) is 7.08. The van der Waals surface area contributed by atoms with Gasteiger partial charge in [0, 0.05) is 11.3 Å². The molecule has 0 aliphatic carbocycles. The Labute approximate surface area is 128 Å². The minimum atomic E-state index is -0.204. The van der Waals surface area contributed by atoms with Gasteiger partial charge in [0.25, 0.3) is 5.91 Å². The molecule has 5 heteroatoms. The summed E-state index contributed by atoms with van der Waals surface area (Å²) in [4.78, 5) is 19.9. The van der Waals surface area contributed by atoms with Gasteiger partial charge in [0.05, 0.1) is 11.0 Å². The van der Waals surface area contributed by atoms with Crippen LogP contribution < -0.4 is 11.1 Å². The van der Waals surface area contributed by atoms with Gasteiger partial charge in [-0.1, -0.05) is 0 Å². The number of fused-ring (bicyclic) bond motifs is 1. The summed E-state index contributed by atoms with van der Waals surface area (Å²) in [6, 6.07) is 9.25. The molecule has 0 atom stereocenters. The Bertz CT molecular complexity index is 841. The Morgan fingerprint density at radius 1 is 1.09 bits per heavy atom. The van der Waals surface area contributed by atoms with E-state index in [9.17, 15) is 4.79 Å². The van der Waals surface area contributed by atoms with Crippen molar-refractivity contribution in [2.45, 2.75) is 20.8 Å². The van der Waals surface area contributed by atoms with E-state index in [2.05, 4.69) is 15.3 Å². The van der Waals surface area contributed by atoms with E-state index in [4.69, 9.17) is 5.73 Å². The number of carbonyl (C=O) groups is 1. The maximum absolute atomic E-state index is 12.3. The van der Waals surface area contributed by atoms with Gasteiger partial charge in [-0.3, -0.25) is 10.1 Å². The van der Waals surface area contributed by atoms with Crippen molar-refractivity contribution >= 4 is 28.6 Å². The highest BCUT2D eigenvalue weighted by atomic mass is 16.1. The molecule has 0 aliphatic rings. The molecule has 0 bridgehead atoms. The van der Waals surface area contributed by atoms with Gasteiger partial charge in [0.2, 0.25) is 5.95 Å². The second-order valence-electron chi connectivity index (χ2n) is 5.57. The first-order chi connectivity index (χ1) is 10.4. The van der Waals surface area contributed by atoms with Crippen molar-refractivity contribution in [1.29, 1.82) is 0 Å². The maximum atomic E-state index is 12.3. The summed E-state index contributed by atoms with van der Waals surface area (Å²) in [7, 11) is 0. The van der Waals surface area contributed by atoms with Crippen LogP contribution in [0.4, 0.5) is 11.6 Å². The third kappa shape index (κ3) is 2.53. The summed E-state index contributed by atoms with van der Waals surface area (Å²) in [6.45, 7) is 5.95. The van der Waals surface area contributed by atoms with E-state index in [-0.39, 0.29) is 5.91 Å². The van der Waals surface area contributed by atoms with Crippen LogP contribution in [0, 0.1) is 20.8 Å². The number of carbonyl (C=O) groups excluding carboxylic acids is 1. The molecule has 22 heavy (non-hydrogen) atoms. The molecule has 0 radical (unpaired) electrons. The highest BCUT2D eigenvalue weighted by Gasteiger charge is 2.12. The summed E-state index contributed by atoms with van der Waals surface area (Å²) < 4.78 is 0. The molecule has 0 spiro atoms. The number of nitrogen functional groups attached to an aromatic ring is 1. The van der Waals surface area contributed by atoms with Crippen LogP contribution in [0.25, 0.3) is 11.0 Å². The Morgan fingerprint density at radius 3 is 2.55 bits per heavy atom. The van der Waals surface area contributed by atoms with Crippen molar-refractivity contribution in [1.82, 2.24) is 9.97 Å². The van der Waals surface area contributed by atoms with Gasteiger partial charge < -0.3 is 10.7 Å². The molecule has 1 heterocycles. The maximum Gasteiger partial charge on any atom is 0.258 e. The molecule has 2 aromatic carbocycles. The Kier molecular flexibility index (Phi) is 3.33. The van der Waals surface area contributed by atoms with Crippen molar-refractivity contribution in [3.63, 3.8) is 0 Å². The fourth-order valence-electron chi connectivity index (χ4n) is 2.45. The van der Waals surface area contributed by atoms with Crippen LogP contribution in [0.1, 0.15) is 27.0 Å². The number of imidazole rings is 1. The SMILES string of the molecule is Cc1cc2nc(NC(=O)c3ccc(N)cc3C)[nH]c2cc1C. The Hall–Kier alpha value is -2.82. The molecular weight excluding hydrogens is 276 g/mol. The molecule has 5 nitrogen and oxygen atoms in total. The van der Waals surface area contributed by atoms with Gasteiger partial charge in [-0.15, -0.1) is 0 Å². The molecule has 112 valence electrons. The summed E-state index contributed by atoms with van der Waals surface area (Å²) in [6.07, 6.45) is 0. The van der Waals surface area contributed by atoms with Crippen molar-refractivity contribution in [3.8, 4) is 0 Å². The first-order valence-electron chi connectivity index (χ1n) is 7.08. The number of hydrogen-bond donors (Lipinski definition) is 3. The number of hydrogen-bond acceptors (Lipinski definition) is 3. The third-order valence-corrected chi connectivity index (χ3v) is 3.82. The van der Waals surface area contributed by atoms with Gasteiger partial charge in [0.15, 0.2) is 0 Å². The van der Waals surface area contributed by atoms with E-state index < -0.39 is 0 Å². The monoisotopic (exact) mass is 294 g/mol. The summed E-state index contributed by atoms with van der Waals surface area (Å²) in [5, 5.41) is 2.80. The Balaban J connectivity index is 1.90. The lowest BCUT2D eigenvalue weighted by atomic mass is 10.1. The number of aromatic amines is 1. The largest absolute Gasteiger partial charge is 0.399 e. The number of H-pyrrole nitrogens is 1. The van der Waals surface area contributed by atoms with E-state index >= 15 is 0 Å². The van der Waals surface area contributed by atoms with Crippen LogP contribution in [0.5, 0.6) is 0 Å². The molecule has 4 N–H and O–H groups in total. The number of nitrogens with zero attached hydrogens (tertiary/aromatic N) is 1. The lowest BCUT2D eigenvalue weighted by Gasteiger charge is -2.06. The summed E-state index contributed by atoms with van der Waals surface area (Å²) in [5.41, 5.74) is 11.9. The highest BCUT2D eigenvalue weighted by molar-refractivity contribution is 6.05. The molecule has 3 rings (SSSR count). The summed E-state index contributed by atoms with van der Waals surface area (Å²) >= 11 is 0. The molecule has 1 amide bonds. The first kappa shape index (κ1) is 14.1. The van der Waals surface area contributed by atoms with Crippen molar-refractivity contribution in [2.75, 3.05) is 11.1 Å². The van der Waals surface area contributed by atoms with Crippen LogP contribution in [0.2, 0.25) is 0 Å². The highest BCUT2D eigenvalue weighted by Crippen LogP contribution is 2.20. The smallest absolute Gasteiger partial charge is 0.258 e. The van der Waals surface area contributed by atoms with E-state index in [1.807, 2.05) is 32.9 Å². The number of anilines is 2. The van der Waals surface area contributed by atoms with Crippen molar-refractivity contribution in [3.05, 3.63) is 52.6 Å². The number of aryl methyl sites for hydroxylation is 3. The molecule has 0 unspecified atom stereocenters. The molecule has 3 aromatic rings. The Morgan fingerprint density at radius 2 is 1.82 bits per heavy atom. The lowest BCUT2D eigenvalue weighted by Crippen LogP contribution is -2.14. The average Bonchev–Trinajstić information content (AvgIpc) is 2.80. The number of rotatable bonds is 2. The quantitative estimate of drug-likeness (QED) is 0.634. The van der Waals surface area contributed by atoms with Crippen LogP contribution in [-0.4, -0.2) is 15.9 Å². The number of aromatic nitrogens is 2. The van der Waals surface area contributed by atoms with E-state index in [0.29, 0.717) is 17.2 Å². The predicted octanol–water partition coefficient (Wildman–Crippen LogP) is 3.32. The third-order valence-electron chi connectivity index (χ3n) is 3.82. The van der Waals surface area contributed by atoms with Crippen molar-refractivity contribution in [2.24, 2.45) is 0 Å². The van der Waals surface area contributed by atoms with Gasteiger partial charge in [0.1, 0.15) is 0 Å². The molecule has 0 saturated heterocycles. The van der Waals surface area contributed by atoms with Gasteiger partial charge >= 0.3 is 0 Å². The number of nitrogens with two attached hydrogens (primary N) is 1. The zero-order chi connectivity index (χ0) is 15.9. The molecule has 0 fully saturated rings. The predicted molar refractivity (Wildman–Crippen MR) is 89.1 cm³/mol. The minimum Gasteiger partial charge on any atom is -0.399 e. The molecular formula is C17H18N4O. The number of nitrogens with one attached hydrogen (secondary N) is 2. The van der Waals surface area contributed by atoms with Gasteiger partial charge in [-0.25, -0.2) is 4.98 Å². The van der Waals surface area contributed by atoms with E-state index in [1.54, 1.807) is 18.2 Å². The normalized spacial score (nSPS) is 10.9. The second kappa shape index (κ2) is 5.18. The fraction of sp³-hybridized carbons (Fsp3) is 0.176. The van der Waals surface area contributed by atoms with Crippen LogP contribution >= 0.6 is 0 Å². The molecule has 1 aromatic heterocycles. The van der Waals surface area contributed by atoms with Crippen LogP contribution in [-0.2, 0) is 0 Å². The molecule has 0 saturated carbocycles. The van der Waals surface area contributed by atoms with Gasteiger partial charge in [-0.2, -0.15) is 0 Å². The topological polar surface area (TPSA) is 83.8 Å². The fourth-order valence-corrected chi connectivity index (χ4v) is 2.45. The minimum absolute atomic E-state index is 0.204. The zero-order valence-corrected chi connectivity index (χ0v) is 12.8. The number of benzene rings is 2. The van der Waals surface area contributed by atoms with Crippen molar-refractivity contribution < 1.29 is 4.79 Å². The van der Waals surface area contributed by atoms with Gasteiger partial charge in [-0.05, 0) is 67.8 Å². The second-order valence-corrected chi connectivity index (χ2v) is 5.57. The average molecular weight is 294 g/mol. The lowest BCUT2D eigenvalue weighted by molar-refractivity contribution is 0.102. The number of amides is 1. The van der Waals surface area contributed by atoms with E-state index in [0.717, 1.165) is 16.6 Å². The summed E-state index contributed by atoms with van der Waals surface area (Å²) in [5.74, 6) is 0.242. The van der Waals surface area contributed by atoms with Crippen LogP contribution in [0.3, 0.4) is 0 Å². The zero-order valence-electron chi connectivity index (χ0n) is 12.8. The standard InChI is InChI=1S/C17H18N4O/c1-9-7-14-15(8-10(9)2)20-17(19-14)21-16(22)13-5-4-12(18)6-11(13)3/h4-8H,18H2,1-3H3,(H2,19,20,21,22). The molecule has 0 aliphatic heterocycles. The van der Waals surface area contributed by atoms with E-state index in [1.165, 1.54) is 11.1 Å². The van der Waals surface area contributed by atoms with Crippen LogP contribution in [0.15, 0.2) is 30.3 Å².